The molecular weight excluding hydrogens is 272 g/mol. The minimum Gasteiger partial charge on any atom is -0.385 e. The Morgan fingerprint density at radius 2 is 2.50 bits per heavy atom. The van der Waals surface area contributed by atoms with Gasteiger partial charge in [-0.05, 0) is 35.0 Å². The number of hydrogen-bond donors (Lipinski definition) is 2. The third-order valence-electron chi connectivity index (χ3n) is 2.95. The molecule has 1 aromatic heterocycles. The standard InChI is InChI=1S/C11H15BrN2O2/c1-8-11(15,5-6-16-8)7-13-10-4-2-3-9(12)14-10/h2-4,8,15H,5-7H2,1H3,(H,13,14). The Kier molecular flexibility index (Phi) is 3.47. The van der Waals surface area contributed by atoms with Crippen LogP contribution in [0.25, 0.3) is 0 Å². The Labute approximate surface area is 103 Å². The van der Waals surface area contributed by atoms with Crippen LogP contribution in [0.1, 0.15) is 13.3 Å². The molecule has 0 aromatic carbocycles. The first kappa shape index (κ1) is 11.8. The Hall–Kier alpha value is -0.650. The van der Waals surface area contributed by atoms with Crippen molar-refractivity contribution in [2.45, 2.75) is 25.0 Å². The average molecular weight is 287 g/mol. The fourth-order valence-corrected chi connectivity index (χ4v) is 2.10. The van der Waals surface area contributed by atoms with Crippen LogP contribution in [0.15, 0.2) is 22.8 Å². The van der Waals surface area contributed by atoms with Crippen LogP contribution in [-0.4, -0.2) is 34.9 Å². The molecule has 0 spiro atoms. The number of ether oxygens (including phenoxy) is 1. The molecule has 16 heavy (non-hydrogen) atoms. The Balaban J connectivity index is 1.97. The van der Waals surface area contributed by atoms with Crippen LogP contribution in [0.3, 0.4) is 0 Å². The summed E-state index contributed by atoms with van der Waals surface area (Å²) in [7, 11) is 0. The van der Waals surface area contributed by atoms with Crippen molar-refractivity contribution in [1.82, 2.24) is 4.98 Å². The van der Waals surface area contributed by atoms with Gasteiger partial charge in [-0.3, -0.25) is 0 Å². The van der Waals surface area contributed by atoms with E-state index in [1.165, 1.54) is 0 Å². The maximum Gasteiger partial charge on any atom is 0.127 e. The largest absolute Gasteiger partial charge is 0.385 e. The van der Waals surface area contributed by atoms with Crippen molar-refractivity contribution < 1.29 is 9.84 Å². The van der Waals surface area contributed by atoms with Crippen LogP contribution in [0.5, 0.6) is 0 Å². The van der Waals surface area contributed by atoms with E-state index in [1.54, 1.807) is 0 Å². The quantitative estimate of drug-likeness (QED) is 0.832. The molecule has 0 radical (unpaired) electrons. The van der Waals surface area contributed by atoms with Gasteiger partial charge in [0.25, 0.3) is 0 Å². The fraction of sp³-hybridized carbons (Fsp3) is 0.545. The van der Waals surface area contributed by atoms with Gasteiger partial charge in [0.1, 0.15) is 16.0 Å². The summed E-state index contributed by atoms with van der Waals surface area (Å²) in [4.78, 5) is 4.24. The van der Waals surface area contributed by atoms with E-state index in [2.05, 4.69) is 26.2 Å². The molecule has 1 aliphatic rings. The number of aromatic nitrogens is 1. The molecule has 0 amide bonds. The van der Waals surface area contributed by atoms with Gasteiger partial charge in [0.05, 0.1) is 6.10 Å². The van der Waals surface area contributed by atoms with Crippen LogP contribution >= 0.6 is 15.9 Å². The van der Waals surface area contributed by atoms with Crippen molar-refractivity contribution in [3.8, 4) is 0 Å². The molecule has 0 saturated carbocycles. The number of nitrogens with one attached hydrogen (secondary N) is 1. The van der Waals surface area contributed by atoms with E-state index in [1.807, 2.05) is 25.1 Å². The summed E-state index contributed by atoms with van der Waals surface area (Å²) in [6.45, 7) is 2.96. The molecule has 1 aliphatic heterocycles. The molecule has 1 fully saturated rings. The van der Waals surface area contributed by atoms with Crippen molar-refractivity contribution in [3.05, 3.63) is 22.8 Å². The van der Waals surface area contributed by atoms with Gasteiger partial charge in [0, 0.05) is 19.6 Å². The molecule has 2 N–H and O–H groups in total. The predicted molar refractivity (Wildman–Crippen MR) is 65.4 cm³/mol. The topological polar surface area (TPSA) is 54.4 Å². The van der Waals surface area contributed by atoms with E-state index in [4.69, 9.17) is 4.74 Å². The molecule has 2 heterocycles. The van der Waals surface area contributed by atoms with Crippen LogP contribution in [0.4, 0.5) is 5.82 Å². The number of rotatable bonds is 3. The van der Waals surface area contributed by atoms with Gasteiger partial charge >= 0.3 is 0 Å². The van der Waals surface area contributed by atoms with Gasteiger partial charge in [-0.25, -0.2) is 4.98 Å². The number of halogens is 1. The Morgan fingerprint density at radius 1 is 1.69 bits per heavy atom. The van der Waals surface area contributed by atoms with E-state index >= 15 is 0 Å². The Morgan fingerprint density at radius 3 is 3.12 bits per heavy atom. The van der Waals surface area contributed by atoms with Crippen molar-refractivity contribution in [1.29, 1.82) is 0 Å². The molecular formula is C11H15BrN2O2. The highest BCUT2D eigenvalue weighted by molar-refractivity contribution is 9.10. The average Bonchev–Trinajstić information content (AvgIpc) is 2.58. The molecule has 2 unspecified atom stereocenters. The van der Waals surface area contributed by atoms with E-state index in [-0.39, 0.29) is 6.10 Å². The lowest BCUT2D eigenvalue weighted by Gasteiger charge is -2.26. The number of anilines is 1. The first-order valence-corrected chi connectivity index (χ1v) is 6.10. The Bertz CT molecular complexity index is 375. The van der Waals surface area contributed by atoms with Gasteiger partial charge in [-0.1, -0.05) is 6.07 Å². The molecule has 2 rings (SSSR count). The van der Waals surface area contributed by atoms with Gasteiger partial charge in [0.2, 0.25) is 0 Å². The second-order valence-corrected chi connectivity index (χ2v) is 4.88. The first-order chi connectivity index (χ1) is 7.60. The lowest BCUT2D eigenvalue weighted by Crippen LogP contribution is -2.43. The zero-order valence-corrected chi connectivity index (χ0v) is 10.7. The lowest BCUT2D eigenvalue weighted by molar-refractivity contribution is -0.0176. The molecule has 88 valence electrons. The molecule has 5 heteroatoms. The number of hydrogen-bond acceptors (Lipinski definition) is 4. The molecule has 1 saturated heterocycles. The van der Waals surface area contributed by atoms with Crippen LogP contribution in [-0.2, 0) is 4.74 Å². The second-order valence-electron chi connectivity index (χ2n) is 4.07. The summed E-state index contributed by atoms with van der Waals surface area (Å²) < 4.78 is 6.14. The molecule has 0 bridgehead atoms. The maximum absolute atomic E-state index is 10.3. The third kappa shape index (κ3) is 2.53. The highest BCUT2D eigenvalue weighted by Crippen LogP contribution is 2.25. The minimum atomic E-state index is -0.788. The van der Waals surface area contributed by atoms with E-state index < -0.39 is 5.60 Å². The van der Waals surface area contributed by atoms with Crippen LogP contribution in [0, 0.1) is 0 Å². The molecule has 2 atom stereocenters. The van der Waals surface area contributed by atoms with E-state index in [0.29, 0.717) is 19.6 Å². The summed E-state index contributed by atoms with van der Waals surface area (Å²) in [5.41, 5.74) is -0.788. The predicted octanol–water partition coefficient (Wildman–Crippen LogP) is 1.80. The van der Waals surface area contributed by atoms with E-state index in [0.717, 1.165) is 10.4 Å². The first-order valence-electron chi connectivity index (χ1n) is 5.30. The maximum atomic E-state index is 10.3. The van der Waals surface area contributed by atoms with E-state index in [9.17, 15) is 5.11 Å². The van der Waals surface area contributed by atoms with Crippen molar-refractivity contribution >= 4 is 21.7 Å². The SMILES string of the molecule is CC1OCCC1(O)CNc1cccc(Br)n1. The molecule has 4 nitrogen and oxygen atoms in total. The summed E-state index contributed by atoms with van der Waals surface area (Å²) in [6.07, 6.45) is 0.530. The number of pyridine rings is 1. The normalized spacial score (nSPS) is 29.3. The second kappa shape index (κ2) is 4.69. The fourth-order valence-electron chi connectivity index (χ4n) is 1.75. The lowest BCUT2D eigenvalue weighted by atomic mass is 9.97. The minimum absolute atomic E-state index is 0.132. The highest BCUT2D eigenvalue weighted by atomic mass is 79.9. The summed E-state index contributed by atoms with van der Waals surface area (Å²) in [5.74, 6) is 0.752. The van der Waals surface area contributed by atoms with Crippen molar-refractivity contribution in [3.63, 3.8) is 0 Å². The number of nitrogens with zero attached hydrogens (tertiary/aromatic N) is 1. The zero-order chi connectivity index (χ0) is 11.6. The van der Waals surface area contributed by atoms with Gasteiger partial charge in [-0.2, -0.15) is 0 Å². The smallest absolute Gasteiger partial charge is 0.127 e. The van der Waals surface area contributed by atoms with Crippen molar-refractivity contribution in [2.75, 3.05) is 18.5 Å². The number of aliphatic hydroxyl groups is 1. The molecule has 1 aromatic rings. The summed E-state index contributed by atoms with van der Waals surface area (Å²) in [5, 5.41) is 13.4. The van der Waals surface area contributed by atoms with Gasteiger partial charge in [0.15, 0.2) is 0 Å². The highest BCUT2D eigenvalue weighted by Gasteiger charge is 2.39. The third-order valence-corrected chi connectivity index (χ3v) is 3.39. The van der Waals surface area contributed by atoms with Crippen LogP contribution in [0.2, 0.25) is 0 Å². The summed E-state index contributed by atoms with van der Waals surface area (Å²) >= 11 is 3.30. The van der Waals surface area contributed by atoms with Crippen molar-refractivity contribution in [2.24, 2.45) is 0 Å². The van der Waals surface area contributed by atoms with Gasteiger partial charge in [-0.15, -0.1) is 0 Å². The monoisotopic (exact) mass is 286 g/mol. The summed E-state index contributed by atoms with van der Waals surface area (Å²) in [6, 6.07) is 5.63. The van der Waals surface area contributed by atoms with Crippen LogP contribution < -0.4 is 5.32 Å². The van der Waals surface area contributed by atoms with Gasteiger partial charge < -0.3 is 15.2 Å². The zero-order valence-electron chi connectivity index (χ0n) is 9.11. The molecule has 0 aliphatic carbocycles.